The van der Waals surface area contributed by atoms with Gasteiger partial charge in [0, 0.05) is 11.8 Å². The molecular formula is C14H15NO. The molecule has 16 heavy (non-hydrogen) atoms. The number of H-pyrrole nitrogens is 1. The molecule has 1 aromatic heterocycles. The molecule has 2 rings (SSSR count). The highest BCUT2D eigenvalue weighted by Gasteiger charge is 2.01. The Labute approximate surface area is 95.0 Å². The van der Waals surface area contributed by atoms with E-state index in [1.165, 1.54) is 11.1 Å². The fourth-order valence-corrected chi connectivity index (χ4v) is 1.91. The van der Waals surface area contributed by atoms with Gasteiger partial charge >= 0.3 is 0 Å². The van der Waals surface area contributed by atoms with E-state index in [1.54, 1.807) is 6.20 Å². The minimum atomic E-state index is -0.0203. The molecule has 82 valence electrons. The predicted octanol–water partition coefficient (Wildman–Crippen LogP) is 2.97. The lowest BCUT2D eigenvalue weighted by molar-refractivity contribution is 1.18. The molecule has 0 atom stereocenters. The van der Waals surface area contributed by atoms with Gasteiger partial charge in [0.05, 0.1) is 0 Å². The topological polar surface area (TPSA) is 32.9 Å². The number of hydrogen-bond acceptors (Lipinski definition) is 1. The first-order chi connectivity index (χ1) is 7.56. The van der Waals surface area contributed by atoms with E-state index < -0.39 is 0 Å². The highest BCUT2D eigenvalue weighted by molar-refractivity contribution is 5.64. The summed E-state index contributed by atoms with van der Waals surface area (Å²) in [6.45, 7) is 5.98. The van der Waals surface area contributed by atoms with E-state index in [0.29, 0.717) is 0 Å². The second kappa shape index (κ2) is 3.97. The van der Waals surface area contributed by atoms with Crippen molar-refractivity contribution in [3.63, 3.8) is 0 Å². The zero-order valence-electron chi connectivity index (χ0n) is 9.79. The highest BCUT2D eigenvalue weighted by atomic mass is 16.1. The monoisotopic (exact) mass is 213 g/mol. The Morgan fingerprint density at radius 2 is 1.50 bits per heavy atom. The molecule has 0 amide bonds. The molecule has 1 heterocycles. The SMILES string of the molecule is Cc1cc(C)cc(-c2c[nH]c(=O)c(C)c2)c1. The summed E-state index contributed by atoms with van der Waals surface area (Å²) in [5.74, 6) is 0. The number of rotatable bonds is 1. The summed E-state index contributed by atoms with van der Waals surface area (Å²) < 4.78 is 0. The first kappa shape index (κ1) is 10.7. The fraction of sp³-hybridized carbons (Fsp3) is 0.214. The van der Waals surface area contributed by atoms with Crippen molar-refractivity contribution in [3.05, 3.63) is 57.5 Å². The average Bonchev–Trinajstić information content (AvgIpc) is 2.20. The van der Waals surface area contributed by atoms with Crippen LogP contribution in [0, 0.1) is 20.8 Å². The van der Waals surface area contributed by atoms with Crippen LogP contribution in [0.15, 0.2) is 35.3 Å². The van der Waals surface area contributed by atoms with Crippen molar-refractivity contribution >= 4 is 0 Å². The number of aromatic nitrogens is 1. The van der Waals surface area contributed by atoms with Crippen LogP contribution in [-0.2, 0) is 0 Å². The van der Waals surface area contributed by atoms with Crippen molar-refractivity contribution in [2.45, 2.75) is 20.8 Å². The summed E-state index contributed by atoms with van der Waals surface area (Å²) in [5.41, 5.74) is 5.41. The summed E-state index contributed by atoms with van der Waals surface area (Å²) >= 11 is 0. The van der Waals surface area contributed by atoms with Crippen LogP contribution in [0.4, 0.5) is 0 Å². The number of nitrogens with one attached hydrogen (secondary N) is 1. The van der Waals surface area contributed by atoms with E-state index in [4.69, 9.17) is 0 Å². The van der Waals surface area contributed by atoms with Crippen LogP contribution in [0.2, 0.25) is 0 Å². The second-order valence-electron chi connectivity index (χ2n) is 4.28. The Hall–Kier alpha value is -1.83. The molecule has 0 spiro atoms. The van der Waals surface area contributed by atoms with Crippen LogP contribution < -0.4 is 5.56 Å². The van der Waals surface area contributed by atoms with Gasteiger partial charge in [-0.1, -0.05) is 29.3 Å². The minimum Gasteiger partial charge on any atom is -0.328 e. The smallest absolute Gasteiger partial charge is 0.250 e. The van der Waals surface area contributed by atoms with Crippen molar-refractivity contribution < 1.29 is 0 Å². The normalized spacial score (nSPS) is 10.4. The summed E-state index contributed by atoms with van der Waals surface area (Å²) in [4.78, 5) is 14.0. The molecule has 2 heteroatoms. The number of aromatic amines is 1. The maximum atomic E-state index is 11.3. The Bertz CT molecular complexity index is 561. The Kier molecular flexibility index (Phi) is 2.65. The van der Waals surface area contributed by atoms with Gasteiger partial charge in [0.2, 0.25) is 0 Å². The van der Waals surface area contributed by atoms with Gasteiger partial charge in [0.15, 0.2) is 0 Å². The molecule has 0 radical (unpaired) electrons. The molecule has 0 unspecified atom stereocenters. The fourth-order valence-electron chi connectivity index (χ4n) is 1.91. The largest absolute Gasteiger partial charge is 0.328 e. The van der Waals surface area contributed by atoms with Gasteiger partial charge in [-0.3, -0.25) is 4.79 Å². The van der Waals surface area contributed by atoms with Crippen LogP contribution in [0.1, 0.15) is 16.7 Å². The van der Waals surface area contributed by atoms with Gasteiger partial charge in [-0.05, 0) is 38.0 Å². The Morgan fingerprint density at radius 3 is 2.06 bits per heavy atom. The molecular weight excluding hydrogens is 198 g/mol. The summed E-state index contributed by atoms with van der Waals surface area (Å²) in [6, 6.07) is 8.31. The Morgan fingerprint density at radius 1 is 0.875 bits per heavy atom. The summed E-state index contributed by atoms with van der Waals surface area (Å²) in [7, 11) is 0. The standard InChI is InChI=1S/C14H15NO/c1-9-4-10(2)6-12(5-9)13-7-11(3)14(16)15-8-13/h4-8H,1-3H3,(H,15,16). The zero-order chi connectivity index (χ0) is 11.7. The van der Waals surface area contributed by atoms with Gasteiger partial charge in [0.25, 0.3) is 5.56 Å². The van der Waals surface area contributed by atoms with Crippen LogP contribution in [-0.4, -0.2) is 4.98 Å². The molecule has 2 aromatic rings. The molecule has 1 N–H and O–H groups in total. The van der Waals surface area contributed by atoms with Gasteiger partial charge in [-0.15, -0.1) is 0 Å². The lowest BCUT2D eigenvalue weighted by Gasteiger charge is -2.05. The van der Waals surface area contributed by atoms with Gasteiger partial charge < -0.3 is 4.98 Å². The molecule has 2 nitrogen and oxygen atoms in total. The van der Waals surface area contributed by atoms with Crippen LogP contribution in [0.3, 0.4) is 0 Å². The molecule has 0 saturated heterocycles. The van der Waals surface area contributed by atoms with E-state index in [1.807, 2.05) is 13.0 Å². The van der Waals surface area contributed by atoms with Crippen molar-refractivity contribution in [1.29, 1.82) is 0 Å². The van der Waals surface area contributed by atoms with Crippen molar-refractivity contribution in [1.82, 2.24) is 4.98 Å². The minimum absolute atomic E-state index is 0.0203. The maximum absolute atomic E-state index is 11.3. The second-order valence-corrected chi connectivity index (χ2v) is 4.28. The zero-order valence-corrected chi connectivity index (χ0v) is 9.79. The predicted molar refractivity (Wildman–Crippen MR) is 66.7 cm³/mol. The molecule has 0 aliphatic rings. The number of aryl methyl sites for hydroxylation is 3. The third-order valence-corrected chi connectivity index (χ3v) is 2.64. The molecule has 0 saturated carbocycles. The van der Waals surface area contributed by atoms with Gasteiger partial charge in [0.1, 0.15) is 0 Å². The highest BCUT2D eigenvalue weighted by Crippen LogP contribution is 2.21. The van der Waals surface area contributed by atoms with E-state index in [9.17, 15) is 4.79 Å². The van der Waals surface area contributed by atoms with Gasteiger partial charge in [-0.25, -0.2) is 0 Å². The molecule has 1 aromatic carbocycles. The number of benzene rings is 1. The van der Waals surface area contributed by atoms with Crippen LogP contribution in [0.5, 0.6) is 0 Å². The number of pyridine rings is 1. The van der Waals surface area contributed by atoms with Crippen molar-refractivity contribution in [2.24, 2.45) is 0 Å². The molecule has 0 aliphatic heterocycles. The van der Waals surface area contributed by atoms with Crippen LogP contribution >= 0.6 is 0 Å². The van der Waals surface area contributed by atoms with Crippen molar-refractivity contribution in [2.75, 3.05) is 0 Å². The lowest BCUT2D eigenvalue weighted by atomic mass is 10.0. The Balaban J connectivity index is 2.58. The maximum Gasteiger partial charge on any atom is 0.250 e. The molecule has 0 fully saturated rings. The third-order valence-electron chi connectivity index (χ3n) is 2.64. The average molecular weight is 213 g/mol. The quantitative estimate of drug-likeness (QED) is 0.776. The van der Waals surface area contributed by atoms with Crippen molar-refractivity contribution in [3.8, 4) is 11.1 Å². The first-order valence-corrected chi connectivity index (χ1v) is 5.34. The lowest BCUT2D eigenvalue weighted by Crippen LogP contribution is -2.07. The summed E-state index contributed by atoms with van der Waals surface area (Å²) in [6.07, 6.45) is 1.77. The van der Waals surface area contributed by atoms with E-state index in [-0.39, 0.29) is 5.56 Å². The molecule has 0 bridgehead atoms. The van der Waals surface area contributed by atoms with E-state index >= 15 is 0 Å². The van der Waals surface area contributed by atoms with Gasteiger partial charge in [-0.2, -0.15) is 0 Å². The number of hydrogen-bond donors (Lipinski definition) is 1. The summed E-state index contributed by atoms with van der Waals surface area (Å²) in [5, 5.41) is 0. The van der Waals surface area contributed by atoms with Crippen LogP contribution in [0.25, 0.3) is 11.1 Å². The molecule has 0 aliphatic carbocycles. The first-order valence-electron chi connectivity index (χ1n) is 5.34. The van der Waals surface area contributed by atoms with E-state index in [0.717, 1.165) is 16.7 Å². The van der Waals surface area contributed by atoms with E-state index in [2.05, 4.69) is 37.0 Å². The third kappa shape index (κ3) is 2.06.